The standard InChI is InChI=1S/C17H22N6S/c1-12-10-13(2)22(19-12)15-8-6-14(7-9-15)11-24-16-18-20-21-23(16)17(3,4)5/h6-10H,11H2,1-5H3. The Morgan fingerprint density at radius 3 is 2.38 bits per heavy atom. The molecule has 0 N–H and O–H groups in total. The van der Waals surface area contributed by atoms with Crippen molar-refractivity contribution >= 4 is 11.8 Å². The van der Waals surface area contributed by atoms with Crippen molar-refractivity contribution in [2.45, 2.75) is 51.1 Å². The van der Waals surface area contributed by atoms with Gasteiger partial charge in [-0.1, -0.05) is 23.9 Å². The highest BCUT2D eigenvalue weighted by Gasteiger charge is 2.19. The SMILES string of the molecule is Cc1cc(C)n(-c2ccc(CSc3nnnn3C(C)(C)C)cc2)n1. The molecule has 24 heavy (non-hydrogen) atoms. The highest BCUT2D eigenvalue weighted by Crippen LogP contribution is 2.25. The molecule has 6 nitrogen and oxygen atoms in total. The molecule has 0 aliphatic heterocycles. The molecule has 126 valence electrons. The minimum Gasteiger partial charge on any atom is -0.238 e. The Bertz CT molecular complexity index is 826. The van der Waals surface area contributed by atoms with E-state index in [1.165, 1.54) is 5.56 Å². The van der Waals surface area contributed by atoms with Crippen LogP contribution in [0.1, 0.15) is 37.7 Å². The third-order valence-electron chi connectivity index (χ3n) is 3.63. The summed E-state index contributed by atoms with van der Waals surface area (Å²) in [5.74, 6) is 0.827. The molecule has 2 aromatic heterocycles. The summed E-state index contributed by atoms with van der Waals surface area (Å²) in [6, 6.07) is 10.5. The van der Waals surface area contributed by atoms with Crippen molar-refractivity contribution in [3.63, 3.8) is 0 Å². The van der Waals surface area contributed by atoms with Gasteiger partial charge in [0.05, 0.1) is 16.9 Å². The van der Waals surface area contributed by atoms with Gasteiger partial charge < -0.3 is 0 Å². The topological polar surface area (TPSA) is 61.4 Å². The van der Waals surface area contributed by atoms with Crippen molar-refractivity contribution in [3.05, 3.63) is 47.3 Å². The number of rotatable bonds is 4. The summed E-state index contributed by atoms with van der Waals surface area (Å²) in [5.41, 5.74) is 4.35. The molecular formula is C17H22N6S. The number of hydrogen-bond acceptors (Lipinski definition) is 5. The molecule has 0 radical (unpaired) electrons. The van der Waals surface area contributed by atoms with E-state index < -0.39 is 0 Å². The molecule has 0 amide bonds. The van der Waals surface area contributed by atoms with Gasteiger partial charge in [0.2, 0.25) is 5.16 Å². The zero-order valence-corrected chi connectivity index (χ0v) is 15.5. The molecule has 0 aliphatic rings. The van der Waals surface area contributed by atoms with Gasteiger partial charge in [0.25, 0.3) is 0 Å². The van der Waals surface area contributed by atoms with Gasteiger partial charge in [-0.25, -0.2) is 9.36 Å². The van der Waals surface area contributed by atoms with E-state index in [-0.39, 0.29) is 5.54 Å². The third-order valence-corrected chi connectivity index (χ3v) is 4.63. The number of aromatic nitrogens is 6. The van der Waals surface area contributed by atoms with Crippen LogP contribution >= 0.6 is 11.8 Å². The quantitative estimate of drug-likeness (QED) is 0.679. The molecule has 2 heterocycles. The molecule has 0 unspecified atom stereocenters. The highest BCUT2D eigenvalue weighted by molar-refractivity contribution is 7.98. The zero-order valence-electron chi connectivity index (χ0n) is 14.7. The predicted octanol–water partition coefficient (Wildman–Crippen LogP) is 3.52. The van der Waals surface area contributed by atoms with Crippen LogP contribution in [-0.2, 0) is 11.3 Å². The van der Waals surface area contributed by atoms with Crippen LogP contribution < -0.4 is 0 Å². The first-order valence-corrected chi connectivity index (χ1v) is 8.87. The van der Waals surface area contributed by atoms with E-state index >= 15 is 0 Å². The second kappa shape index (κ2) is 6.39. The molecule has 1 aromatic carbocycles. The van der Waals surface area contributed by atoms with E-state index in [9.17, 15) is 0 Å². The number of hydrogen-bond donors (Lipinski definition) is 0. The van der Waals surface area contributed by atoms with Crippen molar-refractivity contribution in [3.8, 4) is 5.69 Å². The predicted molar refractivity (Wildman–Crippen MR) is 95.4 cm³/mol. The largest absolute Gasteiger partial charge is 0.238 e. The van der Waals surface area contributed by atoms with Crippen LogP contribution in [0.15, 0.2) is 35.5 Å². The van der Waals surface area contributed by atoms with Crippen LogP contribution in [0.4, 0.5) is 0 Å². The lowest BCUT2D eigenvalue weighted by atomic mass is 10.1. The first-order valence-electron chi connectivity index (χ1n) is 7.89. The Labute approximate surface area is 146 Å². The van der Waals surface area contributed by atoms with Crippen molar-refractivity contribution in [2.75, 3.05) is 0 Å². The second-order valence-corrected chi connectivity index (χ2v) is 7.78. The summed E-state index contributed by atoms with van der Waals surface area (Å²) in [6.07, 6.45) is 0. The molecule has 0 bridgehead atoms. The van der Waals surface area contributed by atoms with Crippen LogP contribution in [0.5, 0.6) is 0 Å². The number of aryl methyl sites for hydroxylation is 2. The average molecular weight is 342 g/mol. The fourth-order valence-electron chi connectivity index (χ4n) is 2.46. The van der Waals surface area contributed by atoms with Gasteiger partial charge in [0.15, 0.2) is 0 Å². The van der Waals surface area contributed by atoms with E-state index in [0.717, 1.165) is 28.0 Å². The van der Waals surface area contributed by atoms with Gasteiger partial charge in [-0.2, -0.15) is 5.10 Å². The molecule has 0 atom stereocenters. The molecule has 0 saturated heterocycles. The number of thioether (sulfide) groups is 1. The fourth-order valence-corrected chi connectivity index (χ4v) is 3.48. The molecule has 3 rings (SSSR count). The van der Waals surface area contributed by atoms with Crippen molar-refractivity contribution in [2.24, 2.45) is 0 Å². The molecule has 3 aromatic rings. The van der Waals surface area contributed by atoms with E-state index in [1.807, 2.05) is 16.3 Å². The third kappa shape index (κ3) is 3.51. The average Bonchev–Trinajstić information content (AvgIpc) is 3.11. The molecule has 7 heteroatoms. The molecule has 0 fully saturated rings. The lowest BCUT2D eigenvalue weighted by Crippen LogP contribution is -2.24. The van der Waals surface area contributed by atoms with Crippen LogP contribution in [0.3, 0.4) is 0 Å². The normalized spacial score (nSPS) is 11.9. The van der Waals surface area contributed by atoms with Gasteiger partial charge in [-0.3, -0.25) is 0 Å². The van der Waals surface area contributed by atoms with Gasteiger partial charge in [0.1, 0.15) is 0 Å². The van der Waals surface area contributed by atoms with Crippen LogP contribution in [0.25, 0.3) is 5.69 Å². The maximum Gasteiger partial charge on any atom is 0.210 e. The Kier molecular flexibility index (Phi) is 4.45. The number of nitrogens with zero attached hydrogens (tertiary/aromatic N) is 6. The van der Waals surface area contributed by atoms with E-state index in [4.69, 9.17) is 0 Å². The monoisotopic (exact) mass is 342 g/mol. The van der Waals surface area contributed by atoms with Gasteiger partial charge in [0, 0.05) is 11.4 Å². The minimum absolute atomic E-state index is 0.120. The van der Waals surface area contributed by atoms with Crippen molar-refractivity contribution in [1.82, 2.24) is 30.0 Å². The van der Waals surface area contributed by atoms with Crippen LogP contribution in [-0.4, -0.2) is 30.0 Å². The van der Waals surface area contributed by atoms with Crippen molar-refractivity contribution < 1.29 is 0 Å². The smallest absolute Gasteiger partial charge is 0.210 e. The summed E-state index contributed by atoms with van der Waals surface area (Å²) in [5, 5.41) is 17.4. The summed E-state index contributed by atoms with van der Waals surface area (Å²) >= 11 is 1.65. The van der Waals surface area contributed by atoms with Crippen molar-refractivity contribution in [1.29, 1.82) is 0 Å². The highest BCUT2D eigenvalue weighted by atomic mass is 32.2. The summed E-state index contributed by atoms with van der Waals surface area (Å²) in [4.78, 5) is 0. The molecule has 0 aliphatic carbocycles. The lowest BCUT2D eigenvalue weighted by molar-refractivity contribution is 0.321. The van der Waals surface area contributed by atoms with Crippen LogP contribution in [0, 0.1) is 13.8 Å². The first-order chi connectivity index (χ1) is 11.3. The zero-order chi connectivity index (χ0) is 17.3. The Hall–Kier alpha value is -2.15. The van der Waals surface area contributed by atoms with Gasteiger partial charge >= 0.3 is 0 Å². The fraction of sp³-hybridized carbons (Fsp3) is 0.412. The second-order valence-electron chi connectivity index (χ2n) is 6.84. The summed E-state index contributed by atoms with van der Waals surface area (Å²) in [6.45, 7) is 10.4. The van der Waals surface area contributed by atoms with E-state index in [2.05, 4.69) is 78.7 Å². The summed E-state index contributed by atoms with van der Waals surface area (Å²) in [7, 11) is 0. The van der Waals surface area contributed by atoms with E-state index in [0.29, 0.717) is 0 Å². The summed E-state index contributed by atoms with van der Waals surface area (Å²) < 4.78 is 3.83. The van der Waals surface area contributed by atoms with E-state index in [1.54, 1.807) is 11.8 Å². The molecule has 0 saturated carbocycles. The Balaban J connectivity index is 1.72. The van der Waals surface area contributed by atoms with Gasteiger partial charge in [-0.05, 0) is 68.8 Å². The maximum absolute atomic E-state index is 4.52. The maximum atomic E-state index is 4.52. The molecule has 0 spiro atoms. The minimum atomic E-state index is -0.120. The first kappa shape index (κ1) is 16.7. The number of tetrazole rings is 1. The van der Waals surface area contributed by atoms with Gasteiger partial charge in [-0.15, -0.1) is 5.10 Å². The van der Waals surface area contributed by atoms with Crippen LogP contribution in [0.2, 0.25) is 0 Å². The Morgan fingerprint density at radius 2 is 1.79 bits per heavy atom. The molecular weight excluding hydrogens is 320 g/mol. The lowest BCUT2D eigenvalue weighted by Gasteiger charge is -2.19. The number of benzene rings is 1. The Morgan fingerprint density at radius 1 is 1.08 bits per heavy atom.